The van der Waals surface area contributed by atoms with Crippen LogP contribution in [0.1, 0.15) is 30.8 Å². The van der Waals surface area contributed by atoms with Crippen LogP contribution in [0.4, 0.5) is 0 Å². The number of hydrogen-bond acceptors (Lipinski definition) is 8. The number of nitrogens with zero attached hydrogens (tertiary/aromatic N) is 5. The molecule has 0 aliphatic rings. The SMILES string of the molecule is CCS[C@H](C)c1noc(Cn2c(-c3ccncc3)noc2=O)n1. The van der Waals surface area contributed by atoms with Crippen molar-refractivity contribution < 1.29 is 9.05 Å². The van der Waals surface area contributed by atoms with E-state index < -0.39 is 5.76 Å². The van der Waals surface area contributed by atoms with E-state index >= 15 is 0 Å². The number of rotatable bonds is 6. The lowest BCUT2D eigenvalue weighted by atomic mass is 10.2. The minimum Gasteiger partial charge on any atom is -0.337 e. The highest BCUT2D eigenvalue weighted by Crippen LogP contribution is 2.25. The molecule has 8 nitrogen and oxygen atoms in total. The zero-order valence-electron chi connectivity index (χ0n) is 12.7. The molecule has 0 N–H and O–H groups in total. The van der Waals surface area contributed by atoms with Gasteiger partial charge in [-0.3, -0.25) is 9.51 Å². The van der Waals surface area contributed by atoms with Gasteiger partial charge in [-0.25, -0.2) is 9.36 Å². The lowest BCUT2D eigenvalue weighted by Crippen LogP contribution is -2.16. The van der Waals surface area contributed by atoms with Gasteiger partial charge in [-0.05, 0) is 24.8 Å². The van der Waals surface area contributed by atoms with Crippen LogP contribution >= 0.6 is 11.8 Å². The molecule has 9 heteroatoms. The molecule has 1 atom stereocenters. The molecule has 3 aromatic heterocycles. The predicted molar refractivity (Wildman–Crippen MR) is 83.9 cm³/mol. The first-order valence-corrected chi connectivity index (χ1v) is 8.15. The third kappa shape index (κ3) is 3.34. The molecule has 0 aromatic carbocycles. The Kier molecular flexibility index (Phi) is 4.56. The molecule has 3 heterocycles. The van der Waals surface area contributed by atoms with Gasteiger partial charge in [0.05, 0.1) is 5.25 Å². The fourth-order valence-electron chi connectivity index (χ4n) is 2.07. The fourth-order valence-corrected chi connectivity index (χ4v) is 2.82. The van der Waals surface area contributed by atoms with Crippen molar-refractivity contribution >= 4 is 11.8 Å². The van der Waals surface area contributed by atoms with Crippen molar-refractivity contribution in [3.8, 4) is 11.4 Å². The highest BCUT2D eigenvalue weighted by molar-refractivity contribution is 7.99. The van der Waals surface area contributed by atoms with Gasteiger partial charge in [-0.1, -0.05) is 17.2 Å². The van der Waals surface area contributed by atoms with Gasteiger partial charge in [0.2, 0.25) is 5.89 Å². The smallest absolute Gasteiger partial charge is 0.337 e. The van der Waals surface area contributed by atoms with Gasteiger partial charge in [0.15, 0.2) is 11.6 Å². The van der Waals surface area contributed by atoms with Crippen molar-refractivity contribution in [2.75, 3.05) is 5.75 Å². The van der Waals surface area contributed by atoms with E-state index in [1.807, 2.05) is 6.92 Å². The van der Waals surface area contributed by atoms with Crippen molar-refractivity contribution in [3.63, 3.8) is 0 Å². The van der Waals surface area contributed by atoms with Crippen LogP contribution in [0.3, 0.4) is 0 Å². The molecule has 3 aromatic rings. The highest BCUT2D eigenvalue weighted by Gasteiger charge is 2.18. The van der Waals surface area contributed by atoms with E-state index in [-0.39, 0.29) is 11.8 Å². The molecule has 0 aliphatic heterocycles. The van der Waals surface area contributed by atoms with E-state index in [9.17, 15) is 4.79 Å². The van der Waals surface area contributed by atoms with Gasteiger partial charge in [0.1, 0.15) is 6.54 Å². The summed E-state index contributed by atoms with van der Waals surface area (Å²) in [5.41, 5.74) is 0.723. The van der Waals surface area contributed by atoms with Gasteiger partial charge in [0.25, 0.3) is 0 Å². The summed E-state index contributed by atoms with van der Waals surface area (Å²) in [6, 6.07) is 3.49. The van der Waals surface area contributed by atoms with E-state index in [0.717, 1.165) is 11.3 Å². The summed E-state index contributed by atoms with van der Waals surface area (Å²) < 4.78 is 11.3. The Labute approximate surface area is 135 Å². The topological polar surface area (TPSA) is 99.8 Å². The third-order valence-corrected chi connectivity index (χ3v) is 4.23. The average molecular weight is 333 g/mol. The summed E-state index contributed by atoms with van der Waals surface area (Å²) in [6.45, 7) is 4.19. The maximum atomic E-state index is 11.9. The molecular formula is C14H15N5O3S. The maximum absolute atomic E-state index is 11.9. The third-order valence-electron chi connectivity index (χ3n) is 3.18. The molecular weight excluding hydrogens is 318 g/mol. The highest BCUT2D eigenvalue weighted by atomic mass is 32.2. The first-order chi connectivity index (χ1) is 11.2. The molecule has 0 fully saturated rings. The summed E-state index contributed by atoms with van der Waals surface area (Å²) in [4.78, 5) is 20.2. The van der Waals surface area contributed by atoms with Crippen LogP contribution in [-0.4, -0.2) is 30.6 Å². The second kappa shape index (κ2) is 6.78. The quantitative estimate of drug-likeness (QED) is 0.676. The summed E-state index contributed by atoms with van der Waals surface area (Å²) >= 11 is 1.72. The van der Waals surface area contributed by atoms with Crippen LogP contribution in [-0.2, 0) is 6.54 Å². The number of pyridine rings is 1. The summed E-state index contributed by atoms with van der Waals surface area (Å²) in [6.07, 6.45) is 3.24. The Bertz CT molecular complexity index is 826. The Morgan fingerprint density at radius 2 is 2.04 bits per heavy atom. The number of hydrogen-bond donors (Lipinski definition) is 0. The largest absolute Gasteiger partial charge is 0.442 e. The molecule has 0 bridgehead atoms. The van der Waals surface area contributed by atoms with Crippen LogP contribution in [0.15, 0.2) is 38.4 Å². The van der Waals surface area contributed by atoms with Gasteiger partial charge >= 0.3 is 5.76 Å². The Morgan fingerprint density at radius 1 is 1.26 bits per heavy atom. The summed E-state index contributed by atoms with van der Waals surface area (Å²) in [5, 5.41) is 7.91. The first kappa shape index (κ1) is 15.5. The van der Waals surface area contributed by atoms with Crippen LogP contribution in [0, 0.1) is 0 Å². The summed E-state index contributed by atoms with van der Waals surface area (Å²) in [5.74, 6) is 1.73. The number of thioether (sulfide) groups is 1. The van der Waals surface area contributed by atoms with E-state index in [0.29, 0.717) is 17.5 Å². The van der Waals surface area contributed by atoms with E-state index in [2.05, 4.69) is 27.2 Å². The Hall–Kier alpha value is -2.42. The summed E-state index contributed by atoms with van der Waals surface area (Å²) in [7, 11) is 0. The second-order valence-electron chi connectivity index (χ2n) is 4.74. The van der Waals surface area contributed by atoms with Gasteiger partial charge in [-0.2, -0.15) is 16.7 Å². The van der Waals surface area contributed by atoms with Crippen molar-refractivity contribution in [1.29, 1.82) is 0 Å². The van der Waals surface area contributed by atoms with Gasteiger partial charge in [-0.15, -0.1) is 0 Å². The van der Waals surface area contributed by atoms with Gasteiger partial charge in [0, 0.05) is 18.0 Å². The van der Waals surface area contributed by atoms with Crippen LogP contribution in [0.5, 0.6) is 0 Å². The predicted octanol–water partition coefficient (Wildman–Crippen LogP) is 2.14. The van der Waals surface area contributed by atoms with Crippen molar-refractivity contribution in [3.05, 3.63) is 46.8 Å². The molecule has 0 aliphatic carbocycles. The zero-order chi connectivity index (χ0) is 16.2. The lowest BCUT2D eigenvalue weighted by Gasteiger charge is -2.02. The first-order valence-electron chi connectivity index (χ1n) is 7.10. The van der Waals surface area contributed by atoms with E-state index in [4.69, 9.17) is 9.05 Å². The molecule has 0 saturated carbocycles. The standard InChI is InChI=1S/C14H15N5O3S/c1-3-23-9(2)12-16-11(21-17-12)8-19-13(18-22-14(19)20)10-4-6-15-7-5-10/h4-7,9H,3,8H2,1-2H3/t9-/m1/s1. The normalized spacial score (nSPS) is 12.4. The van der Waals surface area contributed by atoms with Crippen LogP contribution < -0.4 is 5.76 Å². The Balaban J connectivity index is 1.87. The molecule has 0 amide bonds. The van der Waals surface area contributed by atoms with Crippen LogP contribution in [0.2, 0.25) is 0 Å². The molecule has 0 radical (unpaired) electrons. The van der Waals surface area contributed by atoms with Crippen LogP contribution in [0.25, 0.3) is 11.4 Å². The molecule has 0 spiro atoms. The molecule has 120 valence electrons. The minimum absolute atomic E-state index is 0.108. The van der Waals surface area contributed by atoms with E-state index in [1.54, 1.807) is 36.3 Å². The fraction of sp³-hybridized carbons (Fsp3) is 0.357. The second-order valence-corrected chi connectivity index (χ2v) is 6.36. The zero-order valence-corrected chi connectivity index (χ0v) is 13.5. The minimum atomic E-state index is -0.576. The molecule has 0 unspecified atom stereocenters. The van der Waals surface area contributed by atoms with Crippen molar-refractivity contribution in [2.45, 2.75) is 25.6 Å². The number of aromatic nitrogens is 5. The van der Waals surface area contributed by atoms with E-state index in [1.165, 1.54) is 4.57 Å². The van der Waals surface area contributed by atoms with Crippen molar-refractivity contribution in [2.24, 2.45) is 0 Å². The van der Waals surface area contributed by atoms with Crippen molar-refractivity contribution in [1.82, 2.24) is 24.8 Å². The lowest BCUT2D eigenvalue weighted by molar-refractivity contribution is 0.351. The maximum Gasteiger partial charge on any atom is 0.442 e. The monoisotopic (exact) mass is 333 g/mol. The Morgan fingerprint density at radius 3 is 2.78 bits per heavy atom. The molecule has 23 heavy (non-hydrogen) atoms. The molecule has 3 rings (SSSR count). The average Bonchev–Trinajstić information content (AvgIpc) is 3.17. The molecule has 0 saturated heterocycles. The van der Waals surface area contributed by atoms with Gasteiger partial charge < -0.3 is 4.52 Å².